The summed E-state index contributed by atoms with van der Waals surface area (Å²) in [5.41, 5.74) is 1.04. The molecule has 2 aromatic carbocycles. The number of furan rings is 1. The molecule has 0 fully saturated rings. The van der Waals surface area contributed by atoms with Crippen LogP contribution in [0.4, 0.5) is 0 Å². The Hall–Kier alpha value is -4.27. The van der Waals surface area contributed by atoms with Crippen LogP contribution in [0.25, 0.3) is 17.1 Å². The van der Waals surface area contributed by atoms with E-state index in [1.807, 2.05) is 13.0 Å². The number of H-pyrrole nitrogens is 1. The molecule has 0 aliphatic carbocycles. The van der Waals surface area contributed by atoms with E-state index in [1.54, 1.807) is 37.4 Å². The molecule has 0 unspecified atom stereocenters. The third-order valence-electron chi connectivity index (χ3n) is 4.84. The number of aromatic hydroxyl groups is 2. The number of nitrogens with zero attached hydrogens (tertiary/aromatic N) is 3. The average molecular weight is 420 g/mol. The SMILES string of the molecule is Cc1cccc(-n2c(-c3cc(C(=O)N(C)Cc4ccco4)c(O)cc3O)n[nH]c2=O)c1. The van der Waals surface area contributed by atoms with Crippen LogP contribution in [0.5, 0.6) is 11.5 Å². The number of carbonyl (C=O) groups is 1. The van der Waals surface area contributed by atoms with Gasteiger partial charge in [0.25, 0.3) is 5.91 Å². The molecule has 0 saturated carbocycles. The van der Waals surface area contributed by atoms with E-state index in [0.717, 1.165) is 11.6 Å². The summed E-state index contributed by atoms with van der Waals surface area (Å²) in [5, 5.41) is 27.2. The van der Waals surface area contributed by atoms with Gasteiger partial charge < -0.3 is 19.5 Å². The van der Waals surface area contributed by atoms with Crippen LogP contribution in [-0.2, 0) is 6.54 Å². The summed E-state index contributed by atoms with van der Waals surface area (Å²) in [7, 11) is 1.56. The number of hydrogen-bond acceptors (Lipinski definition) is 6. The molecular formula is C22H20N4O5. The van der Waals surface area contributed by atoms with Gasteiger partial charge >= 0.3 is 5.69 Å². The zero-order valence-electron chi connectivity index (χ0n) is 16.9. The highest BCUT2D eigenvalue weighted by molar-refractivity contribution is 5.98. The molecule has 0 aliphatic heterocycles. The van der Waals surface area contributed by atoms with Crippen molar-refractivity contribution >= 4 is 5.91 Å². The molecule has 9 nitrogen and oxygen atoms in total. The summed E-state index contributed by atoms with van der Waals surface area (Å²) in [6, 6.07) is 13.0. The molecule has 0 bridgehead atoms. The fourth-order valence-corrected chi connectivity index (χ4v) is 3.33. The maximum Gasteiger partial charge on any atom is 0.348 e. The van der Waals surface area contributed by atoms with Gasteiger partial charge in [-0.15, -0.1) is 0 Å². The zero-order chi connectivity index (χ0) is 22.1. The minimum absolute atomic E-state index is 0.0481. The van der Waals surface area contributed by atoms with E-state index in [-0.39, 0.29) is 29.2 Å². The second-order valence-corrected chi connectivity index (χ2v) is 7.15. The maximum absolute atomic E-state index is 12.9. The lowest BCUT2D eigenvalue weighted by Gasteiger charge is -2.17. The number of carbonyl (C=O) groups excluding carboxylic acids is 1. The molecule has 2 heterocycles. The van der Waals surface area contributed by atoms with E-state index >= 15 is 0 Å². The Bertz CT molecular complexity index is 1300. The summed E-state index contributed by atoms with van der Waals surface area (Å²) in [6.07, 6.45) is 1.51. The van der Waals surface area contributed by atoms with Crippen molar-refractivity contribution in [3.63, 3.8) is 0 Å². The highest BCUT2D eigenvalue weighted by Gasteiger charge is 2.23. The largest absolute Gasteiger partial charge is 0.507 e. The Morgan fingerprint density at radius 2 is 1.97 bits per heavy atom. The zero-order valence-corrected chi connectivity index (χ0v) is 16.9. The molecule has 0 aliphatic rings. The molecule has 1 amide bonds. The van der Waals surface area contributed by atoms with Crippen molar-refractivity contribution in [3.05, 3.63) is 82.2 Å². The quantitative estimate of drug-likeness (QED) is 0.456. The number of amides is 1. The predicted octanol–water partition coefficient (Wildman–Crippen LogP) is 2.81. The number of phenolic OH excluding ortho intramolecular Hbond substituents is 2. The molecule has 0 spiro atoms. The van der Waals surface area contributed by atoms with Crippen LogP contribution in [0.1, 0.15) is 21.7 Å². The Balaban J connectivity index is 1.78. The Morgan fingerprint density at radius 1 is 1.16 bits per heavy atom. The molecule has 9 heteroatoms. The van der Waals surface area contributed by atoms with Crippen molar-refractivity contribution in [2.75, 3.05) is 7.05 Å². The predicted molar refractivity (Wildman–Crippen MR) is 112 cm³/mol. The van der Waals surface area contributed by atoms with Gasteiger partial charge in [-0.05, 0) is 42.8 Å². The van der Waals surface area contributed by atoms with Gasteiger partial charge in [-0.2, -0.15) is 5.10 Å². The van der Waals surface area contributed by atoms with Crippen LogP contribution in [0.3, 0.4) is 0 Å². The maximum atomic E-state index is 12.9. The molecule has 0 radical (unpaired) electrons. The number of aromatic nitrogens is 3. The molecule has 4 aromatic rings. The van der Waals surface area contributed by atoms with Gasteiger partial charge in [0.1, 0.15) is 17.3 Å². The van der Waals surface area contributed by atoms with Gasteiger partial charge in [0.05, 0.1) is 29.6 Å². The first kappa shape index (κ1) is 20.0. The summed E-state index contributed by atoms with van der Waals surface area (Å²) >= 11 is 0. The fourth-order valence-electron chi connectivity index (χ4n) is 3.33. The second-order valence-electron chi connectivity index (χ2n) is 7.15. The molecule has 4 rings (SSSR count). The van der Waals surface area contributed by atoms with Gasteiger partial charge in [-0.25, -0.2) is 14.5 Å². The normalized spacial score (nSPS) is 10.9. The Morgan fingerprint density at radius 3 is 2.68 bits per heavy atom. The lowest BCUT2D eigenvalue weighted by Crippen LogP contribution is -2.26. The molecule has 31 heavy (non-hydrogen) atoms. The first-order chi connectivity index (χ1) is 14.8. The van der Waals surface area contributed by atoms with E-state index in [4.69, 9.17) is 4.42 Å². The minimum atomic E-state index is -0.504. The van der Waals surface area contributed by atoms with Gasteiger partial charge in [0, 0.05) is 13.1 Å². The van der Waals surface area contributed by atoms with Crippen LogP contribution in [-0.4, -0.2) is 42.8 Å². The molecular weight excluding hydrogens is 400 g/mol. The van der Waals surface area contributed by atoms with Gasteiger partial charge in [0.15, 0.2) is 5.82 Å². The second kappa shape index (κ2) is 7.86. The fraction of sp³-hybridized carbons (Fsp3) is 0.136. The number of rotatable bonds is 5. The van der Waals surface area contributed by atoms with E-state index in [9.17, 15) is 19.8 Å². The number of aromatic amines is 1. The molecule has 158 valence electrons. The van der Waals surface area contributed by atoms with Gasteiger partial charge in [0.2, 0.25) is 0 Å². The van der Waals surface area contributed by atoms with E-state index < -0.39 is 17.3 Å². The third kappa shape index (κ3) is 3.80. The topological polar surface area (TPSA) is 125 Å². The first-order valence-electron chi connectivity index (χ1n) is 9.44. The van der Waals surface area contributed by atoms with Crippen molar-refractivity contribution < 1.29 is 19.4 Å². The van der Waals surface area contributed by atoms with Gasteiger partial charge in [-0.1, -0.05) is 12.1 Å². The highest BCUT2D eigenvalue weighted by atomic mass is 16.3. The molecule has 0 atom stereocenters. The van der Waals surface area contributed by atoms with Crippen molar-refractivity contribution in [2.45, 2.75) is 13.5 Å². The number of phenols is 2. The third-order valence-corrected chi connectivity index (χ3v) is 4.84. The molecule has 2 aromatic heterocycles. The summed E-state index contributed by atoms with van der Waals surface area (Å²) < 4.78 is 6.55. The summed E-state index contributed by atoms with van der Waals surface area (Å²) in [6.45, 7) is 2.08. The summed E-state index contributed by atoms with van der Waals surface area (Å²) in [5.74, 6) is -0.519. The van der Waals surface area contributed by atoms with Crippen LogP contribution in [0.2, 0.25) is 0 Å². The lowest BCUT2D eigenvalue weighted by molar-refractivity contribution is 0.0772. The van der Waals surface area contributed by atoms with E-state index in [1.165, 1.54) is 21.8 Å². The minimum Gasteiger partial charge on any atom is -0.507 e. The van der Waals surface area contributed by atoms with Crippen molar-refractivity contribution in [1.82, 2.24) is 19.7 Å². The Kier molecular flexibility index (Phi) is 5.08. The average Bonchev–Trinajstić information content (AvgIpc) is 3.37. The number of benzene rings is 2. The van der Waals surface area contributed by atoms with Crippen molar-refractivity contribution in [3.8, 4) is 28.6 Å². The lowest BCUT2D eigenvalue weighted by atomic mass is 10.1. The van der Waals surface area contributed by atoms with Crippen molar-refractivity contribution in [1.29, 1.82) is 0 Å². The first-order valence-corrected chi connectivity index (χ1v) is 9.44. The Labute approximate surface area is 176 Å². The van der Waals surface area contributed by atoms with E-state index in [0.29, 0.717) is 11.4 Å². The van der Waals surface area contributed by atoms with Crippen LogP contribution in [0.15, 0.2) is 64.0 Å². The smallest absolute Gasteiger partial charge is 0.348 e. The number of hydrogen-bond donors (Lipinski definition) is 3. The van der Waals surface area contributed by atoms with Crippen LogP contribution < -0.4 is 5.69 Å². The van der Waals surface area contributed by atoms with Crippen molar-refractivity contribution in [2.24, 2.45) is 0 Å². The number of aryl methyl sites for hydroxylation is 1. The van der Waals surface area contributed by atoms with Crippen LogP contribution >= 0.6 is 0 Å². The molecule has 0 saturated heterocycles. The van der Waals surface area contributed by atoms with Gasteiger partial charge in [-0.3, -0.25) is 4.79 Å². The number of nitrogens with one attached hydrogen (secondary N) is 1. The standard InChI is InChI=1S/C22H20N4O5/c1-13-5-3-6-14(9-13)26-20(23-24-22(26)30)16-10-17(19(28)11-18(16)27)21(29)25(2)12-15-7-4-8-31-15/h3-11,27-28H,12H2,1-2H3,(H,24,30). The summed E-state index contributed by atoms with van der Waals surface area (Å²) in [4.78, 5) is 26.7. The monoisotopic (exact) mass is 420 g/mol. The molecule has 3 N–H and O–H groups in total. The highest BCUT2D eigenvalue weighted by Crippen LogP contribution is 2.35. The van der Waals surface area contributed by atoms with Crippen LogP contribution in [0, 0.1) is 6.92 Å². The van der Waals surface area contributed by atoms with E-state index in [2.05, 4.69) is 10.2 Å².